The Kier molecular flexibility index (Phi) is 35.3. The van der Waals surface area contributed by atoms with Gasteiger partial charge in [0.1, 0.15) is 63.5 Å². The standard InChI is InChI=1S/C52H60FN5O8.C31H36FN3O6.CH4.7F2.FH/c1-7-32-24-33-27-51(47(60)64-6,43-37(18-22-57(28-32)29-33)36-12-9-10-13-40(36)55-43)39-25-38-41(26-42(39)63-5)56(4)45-50(38)20-23-58-21-11-19-49(8-2,44(50)58)46(65-31(3)59)52(45,62)30-54-48(61)66-35-16-14-34(53)15-17-35;1-5-29-13-6-15-35-16-14-30(25(29)35)23-12-11-22(39-4)17-24(23)34(3)26(30)31(38,27(29)40-19(2)36)18-33-28(37)41-21-9-7-20(32)8-10-21;;7*1-2;/h9-17,19,24-26,33,44-46,55,62H,7-8,18,20-23,27-30H2,1-6H3,(H,54,61);6-13,17,25-27,38H,5,14-16,18H2,1-4H3,(H,33,37);1H4;;;;;;;;1H/t33-,44-,45+,46+,49+,50+,51-,52-;25-,26+,27+,29+,30+,31-;;;;;;;;;/m00........./s1. The first kappa shape index (κ1) is 101. The molecule has 16 rings (SSSR count). The zero-order valence-electron chi connectivity index (χ0n) is 68.0. The lowest BCUT2D eigenvalue weighted by molar-refractivity contribution is -0.217. The smallest absolute Gasteiger partial charge is 0.412 e. The van der Waals surface area contributed by atoms with E-state index < -0.39 is 104 Å². The lowest BCUT2D eigenvalue weighted by Crippen LogP contribution is -2.81. The topological polar surface area (TPSA) is 246 Å². The molecule has 2 spiro atoms. The number of aromatic amines is 1. The minimum Gasteiger partial charge on any atom is -0.497 e. The van der Waals surface area contributed by atoms with E-state index in [1.807, 2.05) is 44.4 Å². The molecular formula is C84H101F17N8O14. The van der Waals surface area contributed by atoms with Crippen LogP contribution in [-0.4, -0.2) is 202 Å². The van der Waals surface area contributed by atoms with Gasteiger partial charge >= 0.3 is 30.1 Å². The van der Waals surface area contributed by atoms with Gasteiger partial charge in [-0.1, -0.05) is 88.4 Å². The van der Waals surface area contributed by atoms with Gasteiger partial charge in [0.2, 0.25) is 0 Å². The highest BCUT2D eigenvalue weighted by Crippen LogP contribution is 2.70. The number of halogens is 17. The molecule has 680 valence electrons. The van der Waals surface area contributed by atoms with Gasteiger partial charge in [0.25, 0.3) is 0 Å². The van der Waals surface area contributed by atoms with E-state index in [0.717, 1.165) is 90.2 Å². The van der Waals surface area contributed by atoms with Gasteiger partial charge in [-0.05, 0) is 147 Å². The van der Waals surface area contributed by atoms with E-state index >= 15 is 4.79 Å². The predicted octanol–water partition coefficient (Wildman–Crippen LogP) is 16.6. The quantitative estimate of drug-likeness (QED) is 0.0277. The van der Waals surface area contributed by atoms with E-state index in [4.69, 9.17) is 97.2 Å². The van der Waals surface area contributed by atoms with Crippen molar-refractivity contribution in [1.82, 2.24) is 30.3 Å². The third-order valence-electron chi connectivity index (χ3n) is 26.0. The summed E-state index contributed by atoms with van der Waals surface area (Å²) in [5, 5.41) is 33.5. The van der Waals surface area contributed by atoms with Crippen LogP contribution in [-0.2, 0) is 51.3 Å². The highest BCUT2D eigenvalue weighted by Gasteiger charge is 2.80. The molecule has 22 nitrogen and oxygen atoms in total. The summed E-state index contributed by atoms with van der Waals surface area (Å²) in [6.07, 6.45) is 11.6. The molecule has 2 bridgehead atoms. The van der Waals surface area contributed by atoms with Gasteiger partial charge < -0.3 is 68.8 Å². The fourth-order valence-electron chi connectivity index (χ4n) is 22.4. The first-order chi connectivity index (χ1) is 58.4. The van der Waals surface area contributed by atoms with E-state index in [9.17, 15) is 38.2 Å². The molecule has 39 heteroatoms. The maximum absolute atomic E-state index is 15.4. The number of benzene rings is 5. The van der Waals surface area contributed by atoms with Crippen LogP contribution in [0.25, 0.3) is 10.9 Å². The molecular weight excluding hydrogens is 1670 g/mol. The second-order valence-electron chi connectivity index (χ2n) is 31.0. The maximum atomic E-state index is 15.4. The minimum absolute atomic E-state index is 0. The summed E-state index contributed by atoms with van der Waals surface area (Å²) in [5.74, 6) is -0.901. The summed E-state index contributed by atoms with van der Waals surface area (Å²) in [6.45, 7) is 13.8. The van der Waals surface area contributed by atoms with Gasteiger partial charge in [-0.15, -0.1) is 0 Å². The number of likely N-dealkylation sites (N-methyl/N-ethyl adjacent to an activating group) is 2. The number of methoxy groups -OCH3 is 3. The fourth-order valence-corrected chi connectivity index (χ4v) is 22.4. The summed E-state index contributed by atoms with van der Waals surface area (Å²) in [7, 11) is 8.58. The second kappa shape index (κ2) is 42.8. The normalized spacial score (nSPS) is 28.4. The fraction of sp³-hybridized carbons (Fsp3) is 0.488. The molecule has 4 fully saturated rings. The van der Waals surface area contributed by atoms with Gasteiger partial charge in [0.05, 0.1) is 46.5 Å². The molecule has 15 atom stereocenters. The molecule has 2 aliphatic carbocycles. The van der Waals surface area contributed by atoms with Crippen molar-refractivity contribution in [3.05, 3.63) is 179 Å². The Morgan fingerprint density at radius 2 is 1.03 bits per heavy atom. The molecule has 10 aliphatic rings. The lowest BCUT2D eigenvalue weighted by atomic mass is 9.47. The Bertz CT molecular complexity index is 4670. The monoisotopic (exact) mass is 1770 g/mol. The molecule has 8 aliphatic heterocycles. The Balaban J connectivity index is 0.000000354. The highest BCUT2D eigenvalue weighted by molar-refractivity contribution is 5.94. The predicted molar refractivity (Wildman–Crippen MR) is 422 cm³/mol. The van der Waals surface area contributed by atoms with Crippen LogP contribution in [0.4, 0.5) is 98.5 Å². The highest BCUT2D eigenvalue weighted by atomic mass is 20.0. The zero-order chi connectivity index (χ0) is 89.5. The summed E-state index contributed by atoms with van der Waals surface area (Å²) in [5.41, 5.74) is 0.590. The number of H-pyrrole nitrogens is 1. The SMILES string of the molecule is C.CCC1=C[C@@H]2CN(CCc3c([nH]c4ccccc34)[C@@](C(=O)OC)(c3cc4c(cc3OC)N(C)[C@H]3[C@@](O)(CNC(=O)Oc5ccc(F)cc5)[C@H](OC(C)=O)[C@]5(CC)C=CCN6CC[C@]43[C@@H]65)C2)C1.CC[C@]12C=CCN3CC[C@@]4(c5ccc(OC)cc5N(C)[C@H]4[C@@](O)(CNC(=O)Oc4ccc(F)cc4)[C@@H]1OC(C)=O)[C@@H]32.F.FF.FF.FF.FF.FF.FF.FF. The van der Waals surface area contributed by atoms with Gasteiger partial charge in [-0.3, -0.25) is 33.8 Å². The van der Waals surface area contributed by atoms with Crippen molar-refractivity contribution in [2.24, 2.45) is 16.7 Å². The number of hydrogen-bond acceptors (Lipinski definition) is 19. The lowest BCUT2D eigenvalue weighted by Gasteiger charge is -2.64. The Morgan fingerprint density at radius 1 is 0.569 bits per heavy atom. The number of aromatic nitrogens is 1. The number of esters is 3. The number of fused-ring (bicyclic) bond motifs is 7. The molecule has 2 saturated heterocycles. The number of nitrogens with one attached hydrogen (secondary N) is 3. The van der Waals surface area contributed by atoms with Crippen LogP contribution in [0.1, 0.15) is 109 Å². The van der Waals surface area contributed by atoms with Crippen LogP contribution in [0.3, 0.4) is 0 Å². The van der Waals surface area contributed by atoms with E-state index in [0.29, 0.717) is 62.3 Å². The van der Waals surface area contributed by atoms with Crippen molar-refractivity contribution < 1.29 is 145 Å². The van der Waals surface area contributed by atoms with Crippen molar-refractivity contribution in [2.75, 3.05) is 104 Å². The summed E-state index contributed by atoms with van der Waals surface area (Å²) < 4.78 is 181. The Morgan fingerprint density at radius 3 is 1.48 bits per heavy atom. The minimum atomic E-state index is -1.92. The number of rotatable bonds is 15. The number of para-hydroxylation sites is 1. The van der Waals surface area contributed by atoms with Gasteiger partial charge in [-0.25, -0.2) is 18.4 Å². The molecule has 1 unspecified atom stereocenters. The maximum Gasteiger partial charge on any atom is 0.412 e. The molecule has 1 aromatic heterocycles. The van der Waals surface area contributed by atoms with E-state index in [2.05, 4.69) is 116 Å². The van der Waals surface area contributed by atoms with Crippen LogP contribution >= 0.6 is 0 Å². The van der Waals surface area contributed by atoms with Crippen molar-refractivity contribution in [3.8, 4) is 23.0 Å². The van der Waals surface area contributed by atoms with Gasteiger partial charge in [0, 0.05) is 204 Å². The largest absolute Gasteiger partial charge is 0.497 e. The third-order valence-corrected chi connectivity index (χ3v) is 26.0. The number of nitrogens with zero attached hydrogens (tertiary/aromatic N) is 5. The molecule has 2 amide bonds. The first-order valence-corrected chi connectivity index (χ1v) is 38.4. The van der Waals surface area contributed by atoms with Gasteiger partial charge in [0.15, 0.2) is 0 Å². The van der Waals surface area contributed by atoms with E-state index in [1.54, 1.807) is 14.2 Å². The average molecular weight is 1770 g/mol. The van der Waals surface area contributed by atoms with Crippen molar-refractivity contribution in [2.45, 2.75) is 151 Å². The molecule has 123 heavy (non-hydrogen) atoms. The third kappa shape index (κ3) is 17.4. The van der Waals surface area contributed by atoms with Crippen LogP contribution in [0.15, 0.2) is 139 Å². The second-order valence-corrected chi connectivity index (χ2v) is 31.0. The molecule has 2 saturated carbocycles. The van der Waals surface area contributed by atoms with Gasteiger partial charge in [-0.2, -0.15) is 0 Å². The van der Waals surface area contributed by atoms with Crippen molar-refractivity contribution in [3.63, 3.8) is 0 Å². The van der Waals surface area contributed by atoms with Crippen LogP contribution < -0.4 is 39.4 Å². The summed E-state index contributed by atoms with van der Waals surface area (Å²) in [6, 6.07) is 27.0. The number of ether oxygens (including phenoxy) is 7. The van der Waals surface area contributed by atoms with Crippen LogP contribution in [0.2, 0.25) is 0 Å². The Hall–Kier alpha value is -10.4. The van der Waals surface area contributed by atoms with E-state index in [-0.39, 0.29) is 54.7 Å². The number of carbonyl (C=O) groups is 5. The zero-order valence-corrected chi connectivity index (χ0v) is 68.0. The number of aliphatic hydroxyl groups is 2. The number of carbonyl (C=O) groups excluding carboxylic acids is 5. The first-order valence-electron chi connectivity index (χ1n) is 38.4. The van der Waals surface area contributed by atoms with Crippen molar-refractivity contribution >= 4 is 52.4 Å². The molecule has 9 heterocycles. The van der Waals surface area contributed by atoms with E-state index in [1.165, 1.54) is 75.1 Å². The average Bonchev–Trinajstić information content (AvgIpc) is 1.50. The molecule has 0 radical (unpaired) electrons. The van der Waals surface area contributed by atoms with Crippen LogP contribution in [0, 0.1) is 28.4 Å². The molecule has 5 aromatic carbocycles. The molecule has 6 aromatic rings. The van der Waals surface area contributed by atoms with Crippen LogP contribution in [0.5, 0.6) is 23.0 Å². The Labute approximate surface area is 698 Å². The number of amides is 2. The van der Waals surface area contributed by atoms with Crippen molar-refractivity contribution in [1.29, 1.82) is 0 Å². The molecule has 5 N–H and O–H groups in total. The summed E-state index contributed by atoms with van der Waals surface area (Å²) in [4.78, 5) is 83.3. The number of hydrogen-bond donors (Lipinski definition) is 5. The number of anilines is 2. The summed E-state index contributed by atoms with van der Waals surface area (Å²) >= 11 is 0.